The predicted octanol–water partition coefficient (Wildman–Crippen LogP) is 3.84. The van der Waals surface area contributed by atoms with E-state index in [9.17, 15) is 9.18 Å². The molecule has 5 heteroatoms. The Kier molecular flexibility index (Phi) is 5.17. The number of rotatable bonds is 4. The topological polar surface area (TPSA) is 38.3 Å². The van der Waals surface area contributed by atoms with Crippen LogP contribution in [0.15, 0.2) is 48.5 Å². The molecular formula is C19H19ClFNO2. The molecule has 0 radical (unpaired) electrons. The van der Waals surface area contributed by atoms with E-state index in [0.717, 1.165) is 11.1 Å². The molecule has 0 unspecified atom stereocenters. The van der Waals surface area contributed by atoms with Crippen LogP contribution in [0.4, 0.5) is 4.39 Å². The number of carbonyl (C=O) groups excluding carboxylic acids is 1. The van der Waals surface area contributed by atoms with Crippen LogP contribution in [-0.2, 0) is 21.5 Å². The number of hydrogen-bond acceptors (Lipinski definition) is 2. The Morgan fingerprint density at radius 1 is 1.08 bits per heavy atom. The summed E-state index contributed by atoms with van der Waals surface area (Å²) in [5.74, 6) is -0.315. The Morgan fingerprint density at radius 2 is 1.71 bits per heavy atom. The second kappa shape index (κ2) is 7.32. The third-order valence-corrected chi connectivity index (χ3v) is 4.80. The van der Waals surface area contributed by atoms with Crippen LogP contribution in [0.1, 0.15) is 24.0 Å². The van der Waals surface area contributed by atoms with Gasteiger partial charge in [-0.15, -0.1) is 0 Å². The predicted molar refractivity (Wildman–Crippen MR) is 91.4 cm³/mol. The molecule has 2 aromatic rings. The largest absolute Gasteiger partial charge is 0.381 e. The van der Waals surface area contributed by atoms with Crippen LogP contribution < -0.4 is 5.32 Å². The van der Waals surface area contributed by atoms with Gasteiger partial charge in [0.2, 0.25) is 5.91 Å². The SMILES string of the molecule is O=C(NCc1ccc(F)cc1)C1(c2ccc(Cl)cc2)CCOCC1. The Bertz CT molecular complexity index is 694. The molecule has 1 amide bonds. The molecule has 0 spiro atoms. The van der Waals surface area contributed by atoms with Crippen LogP contribution in [0.25, 0.3) is 0 Å². The second-order valence-electron chi connectivity index (χ2n) is 6.01. The summed E-state index contributed by atoms with van der Waals surface area (Å²) in [4.78, 5) is 13.0. The summed E-state index contributed by atoms with van der Waals surface area (Å²) < 4.78 is 18.4. The van der Waals surface area contributed by atoms with Crippen molar-refractivity contribution in [2.45, 2.75) is 24.8 Å². The van der Waals surface area contributed by atoms with E-state index in [1.54, 1.807) is 24.3 Å². The zero-order valence-corrected chi connectivity index (χ0v) is 14.0. The summed E-state index contributed by atoms with van der Waals surface area (Å²) in [6.45, 7) is 1.47. The van der Waals surface area contributed by atoms with Crippen molar-refractivity contribution in [3.63, 3.8) is 0 Å². The van der Waals surface area contributed by atoms with Crippen LogP contribution in [-0.4, -0.2) is 19.1 Å². The normalized spacial score (nSPS) is 16.6. The number of hydrogen-bond donors (Lipinski definition) is 1. The highest BCUT2D eigenvalue weighted by atomic mass is 35.5. The van der Waals surface area contributed by atoms with Gasteiger partial charge in [0, 0.05) is 24.8 Å². The van der Waals surface area contributed by atoms with Crippen LogP contribution in [0.2, 0.25) is 5.02 Å². The van der Waals surface area contributed by atoms with Gasteiger partial charge < -0.3 is 10.1 Å². The van der Waals surface area contributed by atoms with Crippen molar-refractivity contribution in [3.05, 3.63) is 70.5 Å². The lowest BCUT2D eigenvalue weighted by molar-refractivity contribution is -0.130. The smallest absolute Gasteiger partial charge is 0.231 e. The first-order chi connectivity index (χ1) is 11.6. The molecule has 1 aliphatic heterocycles. The van der Waals surface area contributed by atoms with Gasteiger partial charge in [0.25, 0.3) is 0 Å². The first kappa shape index (κ1) is 16.9. The number of nitrogens with one attached hydrogen (secondary N) is 1. The van der Waals surface area contributed by atoms with Crippen molar-refractivity contribution >= 4 is 17.5 Å². The van der Waals surface area contributed by atoms with Gasteiger partial charge in [-0.3, -0.25) is 4.79 Å². The molecule has 2 aromatic carbocycles. The van der Waals surface area contributed by atoms with E-state index < -0.39 is 5.41 Å². The van der Waals surface area contributed by atoms with Crippen molar-refractivity contribution in [1.82, 2.24) is 5.32 Å². The lowest BCUT2D eigenvalue weighted by Crippen LogP contribution is -2.47. The van der Waals surface area contributed by atoms with Crippen molar-refractivity contribution in [2.75, 3.05) is 13.2 Å². The standard InChI is InChI=1S/C19H19ClFNO2/c20-16-5-3-15(4-6-16)19(9-11-24-12-10-19)18(23)22-13-14-1-7-17(21)8-2-14/h1-8H,9-13H2,(H,22,23). The summed E-state index contributed by atoms with van der Waals surface area (Å²) in [6.07, 6.45) is 1.26. The van der Waals surface area contributed by atoms with Crippen molar-refractivity contribution < 1.29 is 13.9 Å². The molecule has 1 aliphatic rings. The molecule has 0 saturated carbocycles. The maximum absolute atomic E-state index is 13.0. The van der Waals surface area contributed by atoms with E-state index in [1.807, 2.05) is 12.1 Å². The number of amides is 1. The van der Waals surface area contributed by atoms with Crippen LogP contribution >= 0.6 is 11.6 Å². The van der Waals surface area contributed by atoms with E-state index in [4.69, 9.17) is 16.3 Å². The molecule has 1 N–H and O–H groups in total. The molecule has 0 aliphatic carbocycles. The third kappa shape index (κ3) is 3.60. The first-order valence-corrected chi connectivity index (χ1v) is 8.34. The lowest BCUT2D eigenvalue weighted by Gasteiger charge is -2.36. The van der Waals surface area contributed by atoms with Crippen LogP contribution in [0.3, 0.4) is 0 Å². The fourth-order valence-corrected chi connectivity index (χ4v) is 3.22. The molecule has 24 heavy (non-hydrogen) atoms. The highest BCUT2D eigenvalue weighted by Gasteiger charge is 2.41. The lowest BCUT2D eigenvalue weighted by atomic mass is 9.73. The average molecular weight is 348 g/mol. The Morgan fingerprint density at radius 3 is 2.33 bits per heavy atom. The van der Waals surface area contributed by atoms with Gasteiger partial charge >= 0.3 is 0 Å². The van der Waals surface area contributed by atoms with Gasteiger partial charge in [0.05, 0.1) is 5.41 Å². The molecule has 0 bridgehead atoms. The highest BCUT2D eigenvalue weighted by molar-refractivity contribution is 6.30. The minimum absolute atomic E-state index is 0.0301. The number of halogens is 2. The Balaban J connectivity index is 1.78. The van der Waals surface area contributed by atoms with Gasteiger partial charge in [0.15, 0.2) is 0 Å². The van der Waals surface area contributed by atoms with Gasteiger partial charge in [0.1, 0.15) is 5.82 Å². The molecule has 0 aromatic heterocycles. The molecule has 0 atom stereocenters. The minimum Gasteiger partial charge on any atom is -0.381 e. The average Bonchev–Trinajstić information content (AvgIpc) is 2.62. The third-order valence-electron chi connectivity index (χ3n) is 4.54. The maximum Gasteiger partial charge on any atom is 0.231 e. The number of benzene rings is 2. The molecule has 1 fully saturated rings. The number of carbonyl (C=O) groups is 1. The van der Waals surface area contributed by atoms with Crippen molar-refractivity contribution in [1.29, 1.82) is 0 Å². The van der Waals surface area contributed by atoms with Gasteiger partial charge in [-0.05, 0) is 48.2 Å². The highest BCUT2D eigenvalue weighted by Crippen LogP contribution is 2.35. The molecule has 3 rings (SSSR count). The Hall–Kier alpha value is -1.91. The number of ether oxygens (including phenoxy) is 1. The fourth-order valence-electron chi connectivity index (χ4n) is 3.09. The van der Waals surface area contributed by atoms with E-state index in [2.05, 4.69) is 5.32 Å². The molecule has 126 valence electrons. The van der Waals surface area contributed by atoms with E-state index >= 15 is 0 Å². The summed E-state index contributed by atoms with van der Waals surface area (Å²) in [6, 6.07) is 13.6. The van der Waals surface area contributed by atoms with E-state index in [-0.39, 0.29) is 11.7 Å². The van der Waals surface area contributed by atoms with Gasteiger partial charge in [-0.25, -0.2) is 4.39 Å². The Labute approximate surface area is 145 Å². The molecule has 3 nitrogen and oxygen atoms in total. The maximum atomic E-state index is 13.0. The van der Waals surface area contributed by atoms with E-state index in [1.165, 1.54) is 12.1 Å². The molecule has 1 saturated heterocycles. The summed E-state index contributed by atoms with van der Waals surface area (Å²) in [7, 11) is 0. The second-order valence-corrected chi connectivity index (χ2v) is 6.45. The monoisotopic (exact) mass is 347 g/mol. The van der Waals surface area contributed by atoms with Crippen LogP contribution in [0, 0.1) is 5.82 Å². The molecular weight excluding hydrogens is 329 g/mol. The van der Waals surface area contributed by atoms with Crippen molar-refractivity contribution in [2.24, 2.45) is 0 Å². The molecule has 1 heterocycles. The van der Waals surface area contributed by atoms with Gasteiger partial charge in [-0.1, -0.05) is 35.9 Å². The van der Waals surface area contributed by atoms with Gasteiger partial charge in [-0.2, -0.15) is 0 Å². The van der Waals surface area contributed by atoms with E-state index in [0.29, 0.717) is 37.6 Å². The minimum atomic E-state index is -0.608. The summed E-state index contributed by atoms with van der Waals surface area (Å²) >= 11 is 5.97. The summed E-state index contributed by atoms with van der Waals surface area (Å²) in [5.41, 5.74) is 1.21. The first-order valence-electron chi connectivity index (χ1n) is 7.97. The fraction of sp³-hybridized carbons (Fsp3) is 0.316. The zero-order valence-electron chi connectivity index (χ0n) is 13.2. The quantitative estimate of drug-likeness (QED) is 0.912. The van der Waals surface area contributed by atoms with Crippen molar-refractivity contribution in [3.8, 4) is 0 Å². The zero-order chi connectivity index (χ0) is 17.0. The summed E-state index contributed by atoms with van der Waals surface area (Å²) in [5, 5.41) is 3.64. The van der Waals surface area contributed by atoms with Crippen LogP contribution in [0.5, 0.6) is 0 Å².